The van der Waals surface area contributed by atoms with Gasteiger partial charge in [0.1, 0.15) is 5.82 Å². The van der Waals surface area contributed by atoms with Crippen molar-refractivity contribution >= 4 is 23.2 Å². The lowest BCUT2D eigenvalue weighted by atomic mass is 10.2. The first-order valence-electron chi connectivity index (χ1n) is 6.71. The van der Waals surface area contributed by atoms with E-state index in [-0.39, 0.29) is 17.5 Å². The third kappa shape index (κ3) is 4.44. The highest BCUT2D eigenvalue weighted by Crippen LogP contribution is 2.22. The van der Waals surface area contributed by atoms with Gasteiger partial charge >= 0.3 is 0 Å². The first-order valence-corrected chi connectivity index (χ1v) is 7.09. The minimum Gasteiger partial charge on any atom is -0.324 e. The normalized spacial score (nSPS) is 18.5. The molecule has 110 valence electrons. The summed E-state index contributed by atoms with van der Waals surface area (Å²) in [5, 5.41) is 6.29. The minimum atomic E-state index is -0.419. The van der Waals surface area contributed by atoms with Crippen molar-refractivity contribution in [3.8, 4) is 0 Å². The quantitative estimate of drug-likeness (QED) is 0.875. The topological polar surface area (TPSA) is 44.4 Å². The number of benzene rings is 1. The summed E-state index contributed by atoms with van der Waals surface area (Å²) >= 11 is 5.87. The largest absolute Gasteiger partial charge is 0.324 e. The lowest BCUT2D eigenvalue weighted by Gasteiger charge is -2.20. The fourth-order valence-corrected chi connectivity index (χ4v) is 2.59. The molecule has 0 aromatic heterocycles. The highest BCUT2D eigenvalue weighted by molar-refractivity contribution is 6.33. The van der Waals surface area contributed by atoms with Crippen LogP contribution in [0.2, 0.25) is 5.02 Å². The third-order valence-electron chi connectivity index (χ3n) is 3.31. The van der Waals surface area contributed by atoms with Crippen molar-refractivity contribution in [2.24, 2.45) is 0 Å². The molecule has 1 aliphatic rings. The van der Waals surface area contributed by atoms with Crippen molar-refractivity contribution in [1.82, 2.24) is 10.2 Å². The Balaban J connectivity index is 1.82. The summed E-state index contributed by atoms with van der Waals surface area (Å²) < 4.78 is 12.9. The van der Waals surface area contributed by atoms with Crippen LogP contribution in [0, 0.1) is 5.82 Å². The summed E-state index contributed by atoms with van der Waals surface area (Å²) in [5.74, 6) is -0.573. The van der Waals surface area contributed by atoms with Crippen LogP contribution in [0.4, 0.5) is 10.1 Å². The van der Waals surface area contributed by atoms with Crippen molar-refractivity contribution in [2.75, 3.05) is 32.0 Å². The van der Waals surface area contributed by atoms with Gasteiger partial charge in [-0.3, -0.25) is 9.69 Å². The van der Waals surface area contributed by atoms with Gasteiger partial charge in [0.05, 0.1) is 17.3 Å². The van der Waals surface area contributed by atoms with Gasteiger partial charge in [0.15, 0.2) is 0 Å². The third-order valence-corrected chi connectivity index (χ3v) is 3.63. The van der Waals surface area contributed by atoms with Gasteiger partial charge in [-0.15, -0.1) is 0 Å². The second kappa shape index (κ2) is 7.02. The summed E-state index contributed by atoms with van der Waals surface area (Å²) in [6.45, 7) is 2.17. The molecular formula is C14H19ClFN3O. The van der Waals surface area contributed by atoms with Crippen LogP contribution in [0.1, 0.15) is 12.8 Å². The zero-order valence-electron chi connectivity index (χ0n) is 11.5. The van der Waals surface area contributed by atoms with Gasteiger partial charge in [-0.25, -0.2) is 4.39 Å². The average Bonchev–Trinajstić information content (AvgIpc) is 2.85. The molecule has 2 N–H and O–H groups in total. The standard InChI is InChI=1S/C14H19ClFN3O/c1-19(8-11-3-2-6-17-11)9-14(20)18-13-5-4-10(16)7-12(13)15/h4-5,7,11,17H,2-3,6,8-9H2,1H3,(H,18,20). The van der Waals surface area contributed by atoms with E-state index in [9.17, 15) is 9.18 Å². The fourth-order valence-electron chi connectivity index (χ4n) is 2.38. The Kier molecular flexibility index (Phi) is 5.34. The number of rotatable bonds is 5. The number of carbonyl (C=O) groups is 1. The van der Waals surface area contributed by atoms with Crippen LogP contribution in [-0.2, 0) is 4.79 Å². The van der Waals surface area contributed by atoms with Gasteiger partial charge in [-0.05, 0) is 44.6 Å². The predicted molar refractivity (Wildman–Crippen MR) is 78.6 cm³/mol. The molecule has 1 amide bonds. The van der Waals surface area contributed by atoms with Crippen LogP contribution in [0.5, 0.6) is 0 Å². The number of carbonyl (C=O) groups excluding carboxylic acids is 1. The fraction of sp³-hybridized carbons (Fsp3) is 0.500. The average molecular weight is 300 g/mol. The highest BCUT2D eigenvalue weighted by atomic mass is 35.5. The van der Waals surface area contributed by atoms with E-state index in [1.165, 1.54) is 24.6 Å². The van der Waals surface area contributed by atoms with Crippen molar-refractivity contribution in [2.45, 2.75) is 18.9 Å². The van der Waals surface area contributed by atoms with E-state index >= 15 is 0 Å². The van der Waals surface area contributed by atoms with E-state index in [4.69, 9.17) is 11.6 Å². The number of amides is 1. The first kappa shape index (κ1) is 15.2. The van der Waals surface area contributed by atoms with E-state index < -0.39 is 5.82 Å². The number of hydrogen-bond acceptors (Lipinski definition) is 3. The van der Waals surface area contributed by atoms with Gasteiger partial charge in [-0.2, -0.15) is 0 Å². The van der Waals surface area contributed by atoms with Crippen LogP contribution in [0.3, 0.4) is 0 Å². The van der Waals surface area contributed by atoms with Gasteiger partial charge in [-0.1, -0.05) is 11.6 Å². The smallest absolute Gasteiger partial charge is 0.238 e. The molecule has 0 saturated carbocycles. The molecule has 1 aliphatic heterocycles. The van der Waals surface area contributed by atoms with E-state index in [1.807, 2.05) is 11.9 Å². The van der Waals surface area contributed by atoms with Gasteiger partial charge in [0, 0.05) is 12.6 Å². The maximum Gasteiger partial charge on any atom is 0.238 e. The molecule has 1 saturated heterocycles. The Morgan fingerprint density at radius 2 is 2.40 bits per heavy atom. The second-order valence-electron chi connectivity index (χ2n) is 5.16. The van der Waals surface area contributed by atoms with Crippen molar-refractivity contribution in [3.63, 3.8) is 0 Å². The molecule has 0 spiro atoms. The molecule has 1 unspecified atom stereocenters. The molecule has 6 heteroatoms. The van der Waals surface area contributed by atoms with Crippen LogP contribution in [-0.4, -0.2) is 43.5 Å². The SMILES string of the molecule is CN(CC(=O)Nc1ccc(F)cc1Cl)CC1CCCN1. The predicted octanol–water partition coefficient (Wildman–Crippen LogP) is 2.10. The Hall–Kier alpha value is -1.17. The summed E-state index contributed by atoms with van der Waals surface area (Å²) in [6, 6.07) is 4.38. The maximum atomic E-state index is 12.9. The molecule has 1 aromatic rings. The molecule has 1 heterocycles. The van der Waals surface area contributed by atoms with Crippen molar-refractivity contribution in [3.05, 3.63) is 29.0 Å². The van der Waals surface area contributed by atoms with E-state index in [2.05, 4.69) is 10.6 Å². The molecule has 4 nitrogen and oxygen atoms in total. The van der Waals surface area contributed by atoms with Crippen LogP contribution in [0.25, 0.3) is 0 Å². The molecule has 1 aromatic carbocycles. The van der Waals surface area contributed by atoms with E-state index in [0.717, 1.165) is 19.5 Å². The lowest BCUT2D eigenvalue weighted by Crippen LogP contribution is -2.39. The highest BCUT2D eigenvalue weighted by Gasteiger charge is 2.17. The van der Waals surface area contributed by atoms with Gasteiger partial charge in [0.2, 0.25) is 5.91 Å². The Bertz CT molecular complexity index is 477. The zero-order valence-corrected chi connectivity index (χ0v) is 12.2. The number of nitrogens with one attached hydrogen (secondary N) is 2. The van der Waals surface area contributed by atoms with Crippen LogP contribution >= 0.6 is 11.6 Å². The molecule has 20 heavy (non-hydrogen) atoms. The first-order chi connectivity index (χ1) is 9.54. The molecule has 0 aliphatic carbocycles. The molecule has 1 fully saturated rings. The number of likely N-dealkylation sites (N-methyl/N-ethyl adjacent to an activating group) is 1. The molecule has 0 radical (unpaired) electrons. The minimum absolute atomic E-state index is 0.154. The zero-order chi connectivity index (χ0) is 14.5. The van der Waals surface area contributed by atoms with Crippen LogP contribution < -0.4 is 10.6 Å². The summed E-state index contributed by atoms with van der Waals surface area (Å²) in [6.07, 6.45) is 2.34. The van der Waals surface area contributed by atoms with Gasteiger partial charge in [0.25, 0.3) is 0 Å². The Morgan fingerprint density at radius 3 is 3.05 bits per heavy atom. The number of nitrogens with zero attached hydrogens (tertiary/aromatic N) is 1. The number of anilines is 1. The Morgan fingerprint density at radius 1 is 1.60 bits per heavy atom. The summed E-state index contributed by atoms with van der Waals surface area (Å²) in [5.41, 5.74) is 0.436. The summed E-state index contributed by atoms with van der Waals surface area (Å²) in [4.78, 5) is 13.9. The summed E-state index contributed by atoms with van der Waals surface area (Å²) in [7, 11) is 1.91. The van der Waals surface area contributed by atoms with E-state index in [0.29, 0.717) is 11.7 Å². The number of halogens is 2. The molecular weight excluding hydrogens is 281 g/mol. The molecule has 0 bridgehead atoms. The maximum absolute atomic E-state index is 12.9. The molecule has 1 atom stereocenters. The van der Waals surface area contributed by atoms with E-state index in [1.54, 1.807) is 0 Å². The second-order valence-corrected chi connectivity index (χ2v) is 5.57. The van der Waals surface area contributed by atoms with Gasteiger partial charge < -0.3 is 10.6 Å². The Labute approximate surface area is 123 Å². The lowest BCUT2D eigenvalue weighted by molar-refractivity contribution is -0.117. The van der Waals surface area contributed by atoms with Crippen LogP contribution in [0.15, 0.2) is 18.2 Å². The number of hydrogen-bond donors (Lipinski definition) is 2. The van der Waals surface area contributed by atoms with Crippen molar-refractivity contribution in [1.29, 1.82) is 0 Å². The molecule has 2 rings (SSSR count). The van der Waals surface area contributed by atoms with Crippen molar-refractivity contribution < 1.29 is 9.18 Å². The monoisotopic (exact) mass is 299 g/mol.